The Kier molecular flexibility index (Phi) is 8.13. The van der Waals surface area contributed by atoms with Gasteiger partial charge in [0, 0.05) is 29.0 Å². The molecule has 1 amide bonds. The van der Waals surface area contributed by atoms with E-state index in [9.17, 15) is 4.79 Å². The molecule has 0 atom stereocenters. The number of methoxy groups -OCH3 is 1. The van der Waals surface area contributed by atoms with Crippen LogP contribution in [0.15, 0.2) is 30.3 Å². The van der Waals surface area contributed by atoms with Gasteiger partial charge in [-0.05, 0) is 62.2 Å². The van der Waals surface area contributed by atoms with Crippen molar-refractivity contribution >= 4 is 41.3 Å². The number of nitrogens with one attached hydrogen (secondary N) is 2. The van der Waals surface area contributed by atoms with Crippen molar-refractivity contribution in [1.29, 1.82) is 0 Å². The lowest BCUT2D eigenvalue weighted by molar-refractivity contribution is 0.0512. The zero-order valence-corrected chi connectivity index (χ0v) is 18.0. The Bertz CT molecular complexity index is 768. The lowest BCUT2D eigenvalue weighted by Crippen LogP contribution is -2.47. The lowest BCUT2D eigenvalue weighted by atomic mass is 9.79. The SMILES string of the molecule is COCC1(CNC(=O)c2cc(C)c(-c3cccc(Cl)c3)s2)CCNCC1.Cl. The van der Waals surface area contributed by atoms with E-state index in [1.807, 2.05) is 37.3 Å². The summed E-state index contributed by atoms with van der Waals surface area (Å²) in [5.74, 6) is -0.0135. The van der Waals surface area contributed by atoms with Gasteiger partial charge in [-0.1, -0.05) is 23.7 Å². The number of carbonyl (C=O) groups is 1. The van der Waals surface area contributed by atoms with Crippen molar-refractivity contribution in [2.45, 2.75) is 19.8 Å². The van der Waals surface area contributed by atoms with Gasteiger partial charge < -0.3 is 15.4 Å². The normalized spacial score (nSPS) is 15.8. The first kappa shape index (κ1) is 22.2. The van der Waals surface area contributed by atoms with E-state index in [0.29, 0.717) is 18.2 Å². The molecular weight excluding hydrogens is 403 g/mol. The number of benzene rings is 1. The Labute approximate surface area is 176 Å². The van der Waals surface area contributed by atoms with E-state index in [1.165, 1.54) is 11.3 Å². The van der Waals surface area contributed by atoms with E-state index in [-0.39, 0.29) is 23.7 Å². The molecule has 1 saturated heterocycles. The number of carbonyl (C=O) groups excluding carboxylic acids is 1. The summed E-state index contributed by atoms with van der Waals surface area (Å²) in [6, 6.07) is 9.71. The van der Waals surface area contributed by atoms with Crippen LogP contribution >= 0.6 is 35.3 Å². The fourth-order valence-corrected chi connectivity index (χ4v) is 4.78. The van der Waals surface area contributed by atoms with Gasteiger partial charge in [-0.2, -0.15) is 0 Å². The topological polar surface area (TPSA) is 50.4 Å². The number of halogens is 2. The third kappa shape index (κ3) is 5.46. The number of hydrogen-bond acceptors (Lipinski definition) is 4. The third-order valence-corrected chi connectivity index (χ3v) is 6.49. The van der Waals surface area contributed by atoms with Crippen molar-refractivity contribution in [1.82, 2.24) is 10.6 Å². The molecule has 1 aliphatic heterocycles. The van der Waals surface area contributed by atoms with Crippen LogP contribution < -0.4 is 10.6 Å². The lowest BCUT2D eigenvalue weighted by Gasteiger charge is -2.37. The number of aryl methyl sites for hydroxylation is 1. The van der Waals surface area contributed by atoms with Gasteiger partial charge in [-0.25, -0.2) is 0 Å². The summed E-state index contributed by atoms with van der Waals surface area (Å²) >= 11 is 7.62. The third-order valence-electron chi connectivity index (χ3n) is 4.97. The van der Waals surface area contributed by atoms with Crippen LogP contribution in [0.5, 0.6) is 0 Å². The van der Waals surface area contributed by atoms with Crippen molar-refractivity contribution < 1.29 is 9.53 Å². The molecule has 2 heterocycles. The highest BCUT2D eigenvalue weighted by Gasteiger charge is 2.32. The standard InChI is InChI=1S/C20H25ClN2O2S.ClH/c1-14-10-17(26-18(14)15-4-3-5-16(21)11-15)19(24)23-12-20(13-25-2)6-8-22-9-7-20;/h3-5,10-11,22H,6-9,12-13H2,1-2H3,(H,23,24);1H. The molecular formula is C20H26Cl2N2O2S. The van der Waals surface area contributed by atoms with E-state index < -0.39 is 0 Å². The molecule has 7 heteroatoms. The fraction of sp³-hybridized carbons (Fsp3) is 0.450. The molecule has 1 aromatic heterocycles. The molecule has 4 nitrogen and oxygen atoms in total. The van der Waals surface area contributed by atoms with Crippen LogP contribution in [-0.2, 0) is 4.74 Å². The molecule has 2 N–H and O–H groups in total. The Balaban J connectivity index is 0.00000261. The zero-order chi connectivity index (χ0) is 18.6. The maximum Gasteiger partial charge on any atom is 0.261 e. The molecule has 0 unspecified atom stereocenters. The molecule has 1 fully saturated rings. The van der Waals surface area contributed by atoms with Crippen LogP contribution in [0.3, 0.4) is 0 Å². The summed E-state index contributed by atoms with van der Waals surface area (Å²) in [4.78, 5) is 14.5. The van der Waals surface area contributed by atoms with Crippen molar-refractivity contribution in [3.63, 3.8) is 0 Å². The van der Waals surface area contributed by atoms with E-state index in [0.717, 1.165) is 46.8 Å². The fourth-order valence-electron chi connectivity index (χ4n) is 3.50. The predicted molar refractivity (Wildman–Crippen MR) is 115 cm³/mol. The number of piperidine rings is 1. The summed E-state index contributed by atoms with van der Waals surface area (Å²) in [6.07, 6.45) is 2.02. The van der Waals surface area contributed by atoms with Crippen LogP contribution in [-0.4, -0.2) is 39.3 Å². The molecule has 0 bridgehead atoms. The van der Waals surface area contributed by atoms with Crippen LogP contribution in [0.2, 0.25) is 5.02 Å². The average molecular weight is 429 g/mol. The second-order valence-corrected chi connectivity index (χ2v) is 8.49. The number of rotatable bonds is 6. The molecule has 0 radical (unpaired) electrons. The van der Waals surface area contributed by atoms with E-state index in [2.05, 4.69) is 10.6 Å². The maximum atomic E-state index is 12.7. The molecule has 27 heavy (non-hydrogen) atoms. The monoisotopic (exact) mass is 428 g/mol. The minimum atomic E-state index is -0.0135. The number of amides is 1. The first-order valence-corrected chi connectivity index (χ1v) is 10.1. The van der Waals surface area contributed by atoms with Crippen molar-refractivity contribution in [2.75, 3.05) is 33.4 Å². The van der Waals surface area contributed by atoms with Crippen molar-refractivity contribution in [3.8, 4) is 10.4 Å². The summed E-state index contributed by atoms with van der Waals surface area (Å²) in [6.45, 7) is 5.28. The highest BCUT2D eigenvalue weighted by molar-refractivity contribution is 7.17. The van der Waals surface area contributed by atoms with E-state index >= 15 is 0 Å². The Hall–Kier alpha value is -1.11. The average Bonchev–Trinajstić information content (AvgIpc) is 3.03. The molecule has 0 aliphatic carbocycles. The first-order valence-electron chi connectivity index (χ1n) is 8.87. The van der Waals surface area contributed by atoms with Crippen LogP contribution in [0.1, 0.15) is 28.1 Å². The van der Waals surface area contributed by atoms with Gasteiger partial charge >= 0.3 is 0 Å². The number of thiophene rings is 1. The molecule has 2 aromatic rings. The molecule has 0 spiro atoms. The second-order valence-electron chi connectivity index (χ2n) is 7.00. The Morgan fingerprint density at radius 1 is 1.33 bits per heavy atom. The van der Waals surface area contributed by atoms with Gasteiger partial charge in [0.15, 0.2) is 0 Å². The maximum absolute atomic E-state index is 12.7. The summed E-state index contributed by atoms with van der Waals surface area (Å²) < 4.78 is 5.43. The quantitative estimate of drug-likeness (QED) is 0.709. The van der Waals surface area contributed by atoms with Crippen LogP contribution in [0.4, 0.5) is 0 Å². The van der Waals surface area contributed by atoms with Gasteiger partial charge in [-0.3, -0.25) is 4.79 Å². The first-order chi connectivity index (χ1) is 12.5. The minimum absolute atomic E-state index is 0. The van der Waals surface area contributed by atoms with Crippen LogP contribution in [0.25, 0.3) is 10.4 Å². The highest BCUT2D eigenvalue weighted by atomic mass is 35.5. The summed E-state index contributed by atoms with van der Waals surface area (Å²) in [5, 5.41) is 7.21. The molecule has 1 aliphatic rings. The van der Waals surface area contributed by atoms with Gasteiger partial charge in [0.1, 0.15) is 0 Å². The van der Waals surface area contributed by atoms with Gasteiger partial charge in [0.2, 0.25) is 0 Å². The Morgan fingerprint density at radius 3 is 2.74 bits per heavy atom. The Morgan fingerprint density at radius 2 is 2.07 bits per heavy atom. The number of ether oxygens (including phenoxy) is 1. The summed E-state index contributed by atoms with van der Waals surface area (Å²) in [5.41, 5.74) is 2.17. The van der Waals surface area contributed by atoms with Gasteiger partial charge in [0.05, 0.1) is 11.5 Å². The van der Waals surface area contributed by atoms with Crippen molar-refractivity contribution in [2.24, 2.45) is 5.41 Å². The van der Waals surface area contributed by atoms with Gasteiger partial charge in [0.25, 0.3) is 5.91 Å². The van der Waals surface area contributed by atoms with E-state index in [4.69, 9.17) is 16.3 Å². The van der Waals surface area contributed by atoms with Gasteiger partial charge in [-0.15, -0.1) is 23.7 Å². The minimum Gasteiger partial charge on any atom is -0.384 e. The van der Waals surface area contributed by atoms with Crippen LogP contribution in [0, 0.1) is 12.3 Å². The second kappa shape index (κ2) is 9.89. The smallest absolute Gasteiger partial charge is 0.261 e. The highest BCUT2D eigenvalue weighted by Crippen LogP contribution is 2.34. The molecule has 3 rings (SSSR count). The molecule has 148 valence electrons. The number of hydrogen-bond donors (Lipinski definition) is 2. The predicted octanol–water partition coefficient (Wildman–Crippen LogP) is 4.54. The van der Waals surface area contributed by atoms with E-state index in [1.54, 1.807) is 7.11 Å². The zero-order valence-electron chi connectivity index (χ0n) is 15.6. The largest absolute Gasteiger partial charge is 0.384 e. The van der Waals surface area contributed by atoms with Crippen molar-refractivity contribution in [3.05, 3.63) is 45.8 Å². The summed E-state index contributed by atoms with van der Waals surface area (Å²) in [7, 11) is 1.73. The molecule has 1 aromatic carbocycles. The molecule has 0 saturated carbocycles.